The topological polar surface area (TPSA) is 62.4 Å². The van der Waals surface area contributed by atoms with Crippen molar-refractivity contribution in [1.82, 2.24) is 9.88 Å². The zero-order valence-electron chi connectivity index (χ0n) is 16.9. The highest BCUT2D eigenvalue weighted by Gasteiger charge is 2.29. The molecule has 4 rings (SSSR count). The molecule has 1 aliphatic rings. The maximum absolute atomic E-state index is 13.1. The van der Waals surface area contributed by atoms with Crippen LogP contribution in [0.4, 0.5) is 0 Å². The number of amides is 1. The quantitative estimate of drug-likeness (QED) is 0.720. The van der Waals surface area contributed by atoms with E-state index in [2.05, 4.69) is 4.98 Å². The van der Waals surface area contributed by atoms with E-state index in [4.69, 9.17) is 4.74 Å². The lowest BCUT2D eigenvalue weighted by Gasteiger charge is -2.25. The van der Waals surface area contributed by atoms with Crippen LogP contribution in [0, 0.1) is 13.8 Å². The van der Waals surface area contributed by atoms with Crippen LogP contribution in [0.15, 0.2) is 53.3 Å². The number of carbonyl (C=O) groups is 1. The van der Waals surface area contributed by atoms with Crippen molar-refractivity contribution in [2.24, 2.45) is 0 Å². The molecule has 29 heavy (non-hydrogen) atoms. The van der Waals surface area contributed by atoms with Gasteiger partial charge in [-0.3, -0.25) is 9.59 Å². The number of H-pyrrole nitrogens is 1. The third-order valence-corrected chi connectivity index (χ3v) is 5.45. The largest absolute Gasteiger partial charge is 0.368 e. The number of carbonyl (C=O) groups excluding carboxylic acids is 1. The van der Waals surface area contributed by atoms with Crippen LogP contribution in [0.25, 0.3) is 10.9 Å². The molecular formula is C24H26N2O3. The summed E-state index contributed by atoms with van der Waals surface area (Å²) in [5.41, 5.74) is 4.54. The van der Waals surface area contributed by atoms with Gasteiger partial charge in [0.05, 0.1) is 6.54 Å². The van der Waals surface area contributed by atoms with Crippen molar-refractivity contribution in [2.45, 2.75) is 45.9 Å². The third kappa shape index (κ3) is 4.40. The minimum Gasteiger partial charge on any atom is -0.368 e. The van der Waals surface area contributed by atoms with Crippen molar-refractivity contribution in [1.29, 1.82) is 0 Å². The van der Waals surface area contributed by atoms with E-state index in [0.717, 1.165) is 34.9 Å². The lowest BCUT2D eigenvalue weighted by atomic mass is 10.1. The van der Waals surface area contributed by atoms with Crippen LogP contribution in [-0.2, 0) is 22.6 Å². The van der Waals surface area contributed by atoms with Crippen LogP contribution in [0.3, 0.4) is 0 Å². The minimum atomic E-state index is -0.414. The summed E-state index contributed by atoms with van der Waals surface area (Å²) in [5, 5.41) is 0.963. The fraction of sp³-hybridized carbons (Fsp3) is 0.333. The molecule has 1 aliphatic heterocycles. The van der Waals surface area contributed by atoms with Gasteiger partial charge >= 0.3 is 0 Å². The molecular weight excluding hydrogens is 364 g/mol. The number of ether oxygens (including phenoxy) is 1. The smallest absolute Gasteiger partial charge is 0.253 e. The average molecular weight is 390 g/mol. The number of aromatic nitrogens is 1. The normalized spacial score (nSPS) is 16.3. The molecule has 5 heteroatoms. The molecule has 0 aliphatic carbocycles. The van der Waals surface area contributed by atoms with Gasteiger partial charge < -0.3 is 14.6 Å². The number of fused-ring (bicyclic) bond motifs is 1. The maximum atomic E-state index is 13.1. The van der Waals surface area contributed by atoms with Gasteiger partial charge in [0.25, 0.3) is 11.5 Å². The zero-order chi connectivity index (χ0) is 20.4. The number of aryl methyl sites for hydroxylation is 2. The lowest BCUT2D eigenvalue weighted by molar-refractivity contribution is -0.142. The molecule has 1 unspecified atom stereocenters. The summed E-state index contributed by atoms with van der Waals surface area (Å²) in [6.07, 6.45) is 1.21. The molecule has 2 heterocycles. The van der Waals surface area contributed by atoms with E-state index in [1.54, 1.807) is 4.90 Å². The molecule has 3 aromatic rings. The van der Waals surface area contributed by atoms with Gasteiger partial charge in [-0.2, -0.15) is 0 Å². The second kappa shape index (κ2) is 8.21. The lowest BCUT2D eigenvalue weighted by Crippen LogP contribution is -2.39. The highest BCUT2D eigenvalue weighted by molar-refractivity contribution is 5.82. The molecule has 2 aromatic carbocycles. The summed E-state index contributed by atoms with van der Waals surface area (Å²) in [6, 6.07) is 16.0. The maximum Gasteiger partial charge on any atom is 0.253 e. The van der Waals surface area contributed by atoms with E-state index in [-0.39, 0.29) is 18.0 Å². The number of nitrogens with one attached hydrogen (secondary N) is 1. The van der Waals surface area contributed by atoms with Gasteiger partial charge in [-0.05, 0) is 55.3 Å². The molecule has 1 fully saturated rings. The second-order valence-electron chi connectivity index (χ2n) is 7.90. The van der Waals surface area contributed by atoms with Gasteiger partial charge in [-0.25, -0.2) is 0 Å². The summed E-state index contributed by atoms with van der Waals surface area (Å²) < 4.78 is 5.63. The summed E-state index contributed by atoms with van der Waals surface area (Å²) in [7, 11) is 0. The highest BCUT2D eigenvalue weighted by Crippen LogP contribution is 2.20. The Hall–Kier alpha value is -2.92. The minimum absolute atomic E-state index is 0.0496. The Morgan fingerprint density at radius 2 is 1.83 bits per heavy atom. The van der Waals surface area contributed by atoms with Gasteiger partial charge in [0.1, 0.15) is 6.10 Å². The summed E-state index contributed by atoms with van der Waals surface area (Å²) >= 11 is 0. The molecule has 0 bridgehead atoms. The van der Waals surface area contributed by atoms with Crippen molar-refractivity contribution >= 4 is 16.8 Å². The highest BCUT2D eigenvalue weighted by atomic mass is 16.5. The summed E-state index contributed by atoms with van der Waals surface area (Å²) in [6.45, 7) is 5.35. The first-order valence-corrected chi connectivity index (χ1v) is 10.1. The predicted octanol–water partition coefficient (Wildman–Crippen LogP) is 3.85. The number of rotatable bonds is 5. The molecule has 5 nitrogen and oxygen atoms in total. The third-order valence-electron chi connectivity index (χ3n) is 5.45. The SMILES string of the molecule is Cc1ccc(CN(Cc2cc3ccc(C)cc3[nH]c2=O)C(=O)C2CCCO2)cc1. The molecule has 1 atom stereocenters. The Balaban J connectivity index is 1.65. The van der Waals surface area contributed by atoms with Gasteiger partial charge in [0.2, 0.25) is 0 Å². The van der Waals surface area contributed by atoms with Crippen LogP contribution in [0.5, 0.6) is 0 Å². The number of aromatic amines is 1. The Morgan fingerprint density at radius 1 is 1.07 bits per heavy atom. The van der Waals surface area contributed by atoms with Crippen molar-refractivity contribution < 1.29 is 9.53 Å². The first-order chi connectivity index (χ1) is 14.0. The standard InChI is InChI=1S/C24H26N2O3/c1-16-5-8-18(9-6-16)14-26(24(28)22-4-3-11-29-22)15-20-13-19-10-7-17(2)12-21(19)25-23(20)27/h5-10,12-13,22H,3-4,11,14-15H2,1-2H3,(H,25,27). The first kappa shape index (κ1) is 19.4. The van der Waals surface area contributed by atoms with Crippen LogP contribution >= 0.6 is 0 Å². The van der Waals surface area contributed by atoms with E-state index in [0.29, 0.717) is 18.7 Å². The molecule has 0 saturated carbocycles. The Labute approximate surface area is 170 Å². The summed E-state index contributed by atoms with van der Waals surface area (Å²) in [5.74, 6) is -0.0496. The van der Waals surface area contributed by atoms with Crippen LogP contribution in [0.2, 0.25) is 0 Å². The molecule has 1 N–H and O–H groups in total. The fourth-order valence-corrected chi connectivity index (χ4v) is 3.78. The molecule has 150 valence electrons. The van der Waals surface area contributed by atoms with E-state index in [9.17, 15) is 9.59 Å². The molecule has 1 aromatic heterocycles. The Bertz CT molecular complexity index is 1080. The Kier molecular flexibility index (Phi) is 5.49. The molecule has 1 amide bonds. The van der Waals surface area contributed by atoms with Gasteiger partial charge in [0.15, 0.2) is 0 Å². The number of hydrogen-bond donors (Lipinski definition) is 1. The first-order valence-electron chi connectivity index (χ1n) is 10.1. The van der Waals surface area contributed by atoms with Gasteiger partial charge in [-0.1, -0.05) is 42.0 Å². The number of pyridine rings is 1. The van der Waals surface area contributed by atoms with Crippen LogP contribution < -0.4 is 5.56 Å². The predicted molar refractivity (Wildman–Crippen MR) is 114 cm³/mol. The monoisotopic (exact) mass is 390 g/mol. The van der Waals surface area contributed by atoms with E-state index < -0.39 is 6.10 Å². The molecule has 0 spiro atoms. The van der Waals surface area contributed by atoms with Crippen molar-refractivity contribution in [3.8, 4) is 0 Å². The van der Waals surface area contributed by atoms with Crippen molar-refractivity contribution in [3.05, 3.63) is 81.1 Å². The van der Waals surface area contributed by atoms with Gasteiger partial charge in [0, 0.05) is 24.2 Å². The van der Waals surface area contributed by atoms with Crippen molar-refractivity contribution in [2.75, 3.05) is 6.61 Å². The van der Waals surface area contributed by atoms with E-state index in [1.165, 1.54) is 5.56 Å². The Morgan fingerprint density at radius 3 is 2.55 bits per heavy atom. The van der Waals surface area contributed by atoms with Gasteiger partial charge in [-0.15, -0.1) is 0 Å². The zero-order valence-corrected chi connectivity index (χ0v) is 16.9. The second-order valence-corrected chi connectivity index (χ2v) is 7.90. The summed E-state index contributed by atoms with van der Waals surface area (Å²) in [4.78, 5) is 30.5. The number of nitrogens with zero attached hydrogens (tertiary/aromatic N) is 1. The average Bonchev–Trinajstić information content (AvgIpc) is 3.24. The molecule has 1 saturated heterocycles. The van der Waals surface area contributed by atoms with E-state index in [1.807, 2.05) is 62.4 Å². The van der Waals surface area contributed by atoms with E-state index >= 15 is 0 Å². The van der Waals surface area contributed by atoms with Crippen LogP contribution in [-0.4, -0.2) is 28.5 Å². The molecule has 0 radical (unpaired) electrons. The number of benzene rings is 2. The van der Waals surface area contributed by atoms with Crippen molar-refractivity contribution in [3.63, 3.8) is 0 Å². The number of hydrogen-bond acceptors (Lipinski definition) is 3. The fourth-order valence-electron chi connectivity index (χ4n) is 3.78. The van der Waals surface area contributed by atoms with Crippen LogP contribution in [0.1, 0.15) is 35.1 Å².